The zero-order valence-electron chi connectivity index (χ0n) is 16.9. The minimum atomic E-state index is -0.556. The number of hydrogen-bond donors (Lipinski definition) is 0. The Morgan fingerprint density at radius 1 is 1.07 bits per heavy atom. The summed E-state index contributed by atoms with van der Waals surface area (Å²) < 4.78 is 5.50. The van der Waals surface area contributed by atoms with Gasteiger partial charge in [0.1, 0.15) is 11.6 Å². The summed E-state index contributed by atoms with van der Waals surface area (Å²) in [6, 6.07) is 10.1. The van der Waals surface area contributed by atoms with Gasteiger partial charge in [0.2, 0.25) is 5.91 Å². The van der Waals surface area contributed by atoms with Gasteiger partial charge in [0.15, 0.2) is 0 Å². The van der Waals surface area contributed by atoms with Gasteiger partial charge in [-0.05, 0) is 46.2 Å². The molecule has 0 aromatic heterocycles. The molecule has 0 aliphatic carbocycles. The maximum Gasteiger partial charge on any atom is 0.410 e. The molecule has 2 unspecified atom stereocenters. The van der Waals surface area contributed by atoms with E-state index in [2.05, 4.69) is 24.1 Å². The Kier molecular flexibility index (Phi) is 5.75. The van der Waals surface area contributed by atoms with Crippen LogP contribution in [0.5, 0.6) is 0 Å². The molecule has 6 heteroatoms. The van der Waals surface area contributed by atoms with Crippen LogP contribution in [-0.4, -0.2) is 71.6 Å². The highest BCUT2D eigenvalue weighted by Crippen LogP contribution is 2.27. The number of ether oxygens (including phenoxy) is 1. The van der Waals surface area contributed by atoms with Crippen molar-refractivity contribution < 1.29 is 14.3 Å². The van der Waals surface area contributed by atoms with Gasteiger partial charge in [-0.3, -0.25) is 14.6 Å². The first-order valence-corrected chi connectivity index (χ1v) is 9.80. The third kappa shape index (κ3) is 4.61. The second-order valence-electron chi connectivity index (χ2n) is 8.52. The second kappa shape index (κ2) is 7.89. The molecule has 0 radical (unpaired) electrons. The number of carbonyl (C=O) groups is 2. The Hall–Kier alpha value is -2.08. The molecule has 148 valence electrons. The van der Waals surface area contributed by atoms with Crippen LogP contribution in [0.2, 0.25) is 0 Å². The molecule has 1 aromatic carbocycles. The highest BCUT2D eigenvalue weighted by atomic mass is 16.6. The minimum Gasteiger partial charge on any atom is -0.444 e. The van der Waals surface area contributed by atoms with Crippen LogP contribution in [-0.2, 0) is 9.53 Å². The summed E-state index contributed by atoms with van der Waals surface area (Å²) in [7, 11) is 2.10. The van der Waals surface area contributed by atoms with Crippen molar-refractivity contribution >= 4 is 12.0 Å². The fourth-order valence-corrected chi connectivity index (χ4v) is 3.88. The van der Waals surface area contributed by atoms with Gasteiger partial charge in [0.05, 0.1) is 6.04 Å². The second-order valence-corrected chi connectivity index (χ2v) is 8.52. The average Bonchev–Trinajstić information content (AvgIpc) is 3.11. The third-order valence-electron chi connectivity index (χ3n) is 5.31. The predicted molar refractivity (Wildman–Crippen MR) is 104 cm³/mol. The number of benzene rings is 1. The van der Waals surface area contributed by atoms with Crippen molar-refractivity contribution in [3.63, 3.8) is 0 Å². The topological polar surface area (TPSA) is 53.1 Å². The Labute approximate surface area is 162 Å². The molecule has 0 N–H and O–H groups in total. The Balaban J connectivity index is 1.70. The van der Waals surface area contributed by atoms with E-state index in [1.165, 1.54) is 5.56 Å². The van der Waals surface area contributed by atoms with Crippen LogP contribution in [0.25, 0.3) is 0 Å². The predicted octanol–water partition coefficient (Wildman–Crippen LogP) is 2.90. The van der Waals surface area contributed by atoms with Crippen molar-refractivity contribution in [3.05, 3.63) is 35.9 Å². The SMILES string of the molecule is CN1CCN(C(=O)C2CCCN2C(=O)OC(C)(C)C)CC1c1ccccc1. The van der Waals surface area contributed by atoms with Gasteiger partial charge in [-0.1, -0.05) is 30.3 Å². The number of amides is 2. The van der Waals surface area contributed by atoms with E-state index in [-0.39, 0.29) is 18.0 Å². The number of likely N-dealkylation sites (N-methyl/N-ethyl adjacent to an activating group) is 1. The van der Waals surface area contributed by atoms with Gasteiger partial charge >= 0.3 is 6.09 Å². The van der Waals surface area contributed by atoms with E-state index >= 15 is 0 Å². The van der Waals surface area contributed by atoms with Crippen LogP contribution < -0.4 is 0 Å². The van der Waals surface area contributed by atoms with Gasteiger partial charge in [-0.2, -0.15) is 0 Å². The monoisotopic (exact) mass is 373 g/mol. The van der Waals surface area contributed by atoms with Crippen LogP contribution in [0.15, 0.2) is 30.3 Å². The summed E-state index contributed by atoms with van der Waals surface area (Å²) in [6.45, 7) is 8.30. The maximum atomic E-state index is 13.2. The zero-order chi connectivity index (χ0) is 19.6. The first-order chi connectivity index (χ1) is 12.8. The summed E-state index contributed by atoms with van der Waals surface area (Å²) in [5.41, 5.74) is 0.660. The van der Waals surface area contributed by atoms with Gasteiger partial charge in [0.25, 0.3) is 0 Å². The molecule has 2 fully saturated rings. The van der Waals surface area contributed by atoms with Crippen LogP contribution >= 0.6 is 0 Å². The molecule has 2 aliphatic rings. The van der Waals surface area contributed by atoms with E-state index in [9.17, 15) is 9.59 Å². The number of rotatable bonds is 2. The normalized spacial score (nSPS) is 24.1. The van der Waals surface area contributed by atoms with Crippen LogP contribution in [0.3, 0.4) is 0 Å². The number of likely N-dealkylation sites (tertiary alicyclic amines) is 1. The quantitative estimate of drug-likeness (QED) is 0.800. The van der Waals surface area contributed by atoms with E-state index in [1.54, 1.807) is 4.90 Å². The summed E-state index contributed by atoms with van der Waals surface area (Å²) >= 11 is 0. The van der Waals surface area contributed by atoms with Gasteiger partial charge in [0, 0.05) is 26.2 Å². The molecule has 3 rings (SSSR count). The fraction of sp³-hybridized carbons (Fsp3) is 0.619. The minimum absolute atomic E-state index is 0.0485. The molecular formula is C21H31N3O3. The van der Waals surface area contributed by atoms with Crippen LogP contribution in [0, 0.1) is 0 Å². The number of carbonyl (C=O) groups excluding carboxylic acids is 2. The zero-order valence-corrected chi connectivity index (χ0v) is 16.9. The molecule has 2 heterocycles. The summed E-state index contributed by atoms with van der Waals surface area (Å²) in [5.74, 6) is 0.0485. The number of piperazine rings is 1. The summed E-state index contributed by atoms with van der Waals surface area (Å²) in [6.07, 6.45) is 1.17. The molecule has 2 amide bonds. The maximum absolute atomic E-state index is 13.2. The molecule has 2 saturated heterocycles. The first-order valence-electron chi connectivity index (χ1n) is 9.80. The standard InChI is InChI=1S/C21H31N3O3/c1-21(2,3)27-20(26)24-12-8-11-17(24)19(25)23-14-13-22(4)18(15-23)16-9-6-5-7-10-16/h5-7,9-10,17-18H,8,11-15H2,1-4H3. The highest BCUT2D eigenvalue weighted by Gasteiger charge is 2.40. The molecule has 27 heavy (non-hydrogen) atoms. The van der Waals surface area contributed by atoms with E-state index in [0.29, 0.717) is 26.1 Å². The molecule has 0 saturated carbocycles. The first kappa shape index (κ1) is 19.7. The molecule has 6 nitrogen and oxygen atoms in total. The van der Waals surface area contributed by atoms with E-state index < -0.39 is 11.6 Å². The largest absolute Gasteiger partial charge is 0.444 e. The Bertz CT molecular complexity index is 671. The number of nitrogens with zero attached hydrogens (tertiary/aromatic N) is 3. The lowest BCUT2D eigenvalue weighted by Crippen LogP contribution is -2.55. The smallest absolute Gasteiger partial charge is 0.410 e. The molecular weight excluding hydrogens is 342 g/mol. The lowest BCUT2D eigenvalue weighted by Gasteiger charge is -2.41. The van der Waals surface area contributed by atoms with E-state index in [4.69, 9.17) is 4.74 Å². The van der Waals surface area contributed by atoms with Crippen molar-refractivity contribution in [1.29, 1.82) is 0 Å². The van der Waals surface area contributed by atoms with Crippen molar-refractivity contribution in [2.75, 3.05) is 33.2 Å². The summed E-state index contributed by atoms with van der Waals surface area (Å²) in [5, 5.41) is 0. The number of hydrogen-bond acceptors (Lipinski definition) is 4. The molecule has 2 atom stereocenters. The van der Waals surface area contributed by atoms with E-state index in [0.717, 1.165) is 13.0 Å². The highest BCUT2D eigenvalue weighted by molar-refractivity contribution is 5.86. The fourth-order valence-electron chi connectivity index (χ4n) is 3.88. The Morgan fingerprint density at radius 3 is 2.44 bits per heavy atom. The van der Waals surface area contributed by atoms with Gasteiger partial charge < -0.3 is 9.64 Å². The van der Waals surface area contributed by atoms with Crippen molar-refractivity contribution in [2.45, 2.75) is 51.3 Å². The van der Waals surface area contributed by atoms with Crippen molar-refractivity contribution in [1.82, 2.24) is 14.7 Å². The van der Waals surface area contributed by atoms with Gasteiger partial charge in [-0.15, -0.1) is 0 Å². The lowest BCUT2D eigenvalue weighted by atomic mass is 10.0. The third-order valence-corrected chi connectivity index (χ3v) is 5.31. The van der Waals surface area contributed by atoms with E-state index in [1.807, 2.05) is 43.9 Å². The van der Waals surface area contributed by atoms with Gasteiger partial charge in [-0.25, -0.2) is 4.79 Å². The molecule has 0 spiro atoms. The molecule has 1 aromatic rings. The van der Waals surface area contributed by atoms with Crippen molar-refractivity contribution in [3.8, 4) is 0 Å². The Morgan fingerprint density at radius 2 is 1.78 bits per heavy atom. The molecule has 0 bridgehead atoms. The average molecular weight is 373 g/mol. The van der Waals surface area contributed by atoms with Crippen LogP contribution in [0.4, 0.5) is 4.79 Å². The lowest BCUT2D eigenvalue weighted by molar-refractivity contribution is -0.138. The summed E-state index contributed by atoms with van der Waals surface area (Å²) in [4.78, 5) is 31.6. The van der Waals surface area contributed by atoms with Crippen molar-refractivity contribution in [2.24, 2.45) is 0 Å². The molecule has 2 aliphatic heterocycles. The van der Waals surface area contributed by atoms with Crippen LogP contribution in [0.1, 0.15) is 45.2 Å².